The van der Waals surface area contributed by atoms with Crippen molar-refractivity contribution in [2.45, 2.75) is 18.7 Å². The lowest BCUT2D eigenvalue weighted by atomic mass is 10.3. The van der Waals surface area contributed by atoms with Gasteiger partial charge in [0, 0.05) is 10.6 Å². The predicted molar refractivity (Wildman–Crippen MR) is 76.1 cm³/mol. The third-order valence-electron chi connectivity index (χ3n) is 2.28. The van der Waals surface area contributed by atoms with Crippen LogP contribution in [0.15, 0.2) is 17.0 Å². The van der Waals surface area contributed by atoms with Gasteiger partial charge in [0.15, 0.2) is 0 Å². The molecular formula is C12H14N2O2S2. The van der Waals surface area contributed by atoms with Gasteiger partial charge in [-0.25, -0.2) is 4.98 Å². The first-order chi connectivity index (χ1) is 8.60. The number of hydrogen-bond donors (Lipinski definition) is 1. The van der Waals surface area contributed by atoms with E-state index in [9.17, 15) is 4.79 Å². The Bertz CT molecular complexity index is 581. The molecule has 0 saturated carbocycles. The minimum absolute atomic E-state index is 0.226. The third-order valence-corrected chi connectivity index (χ3v) is 4.26. The molecule has 0 aliphatic heterocycles. The summed E-state index contributed by atoms with van der Waals surface area (Å²) >= 11 is 3.00. The second-order valence-corrected chi connectivity index (χ2v) is 5.94. The lowest BCUT2D eigenvalue weighted by molar-refractivity contribution is -0.139. The summed E-state index contributed by atoms with van der Waals surface area (Å²) in [4.78, 5) is 16.6. The number of nitrogens with two attached hydrogens (primary N) is 1. The van der Waals surface area contributed by atoms with E-state index < -0.39 is 0 Å². The Balaban J connectivity index is 2.17. The Morgan fingerprint density at radius 1 is 1.56 bits per heavy atom. The van der Waals surface area contributed by atoms with Crippen LogP contribution in [0.5, 0.6) is 0 Å². The standard InChI is InChI=1S/C12H14N2O2S2/c1-3-16-12(15)6-17-10-5-9-11(4-8(10)13)18-7(2)14-9/h4-5H,3,6,13H2,1-2H3. The van der Waals surface area contributed by atoms with Gasteiger partial charge in [0.2, 0.25) is 0 Å². The molecule has 0 unspecified atom stereocenters. The van der Waals surface area contributed by atoms with Crippen LogP contribution in [0, 0.1) is 6.92 Å². The minimum Gasteiger partial charge on any atom is -0.465 e. The average molecular weight is 282 g/mol. The first-order valence-corrected chi connectivity index (χ1v) is 7.35. The summed E-state index contributed by atoms with van der Waals surface area (Å²) < 4.78 is 5.96. The van der Waals surface area contributed by atoms with Crippen LogP contribution in [0.2, 0.25) is 0 Å². The fourth-order valence-corrected chi connectivity index (χ4v) is 3.18. The van der Waals surface area contributed by atoms with Crippen LogP contribution in [-0.2, 0) is 9.53 Å². The van der Waals surface area contributed by atoms with E-state index in [4.69, 9.17) is 10.5 Å². The molecule has 2 aromatic rings. The number of thiazole rings is 1. The summed E-state index contributed by atoms with van der Waals surface area (Å²) in [5.41, 5.74) is 7.57. The Hall–Kier alpha value is -1.27. The molecule has 0 spiro atoms. The monoisotopic (exact) mass is 282 g/mol. The molecule has 0 radical (unpaired) electrons. The Morgan fingerprint density at radius 2 is 2.33 bits per heavy atom. The number of carbonyl (C=O) groups is 1. The molecule has 0 aliphatic rings. The molecule has 0 atom stereocenters. The number of fused-ring (bicyclic) bond motifs is 1. The average Bonchev–Trinajstić information content (AvgIpc) is 2.65. The molecule has 6 heteroatoms. The van der Waals surface area contributed by atoms with Crippen LogP contribution < -0.4 is 5.73 Å². The lowest BCUT2D eigenvalue weighted by Gasteiger charge is -2.05. The molecule has 96 valence electrons. The molecule has 0 amide bonds. The Morgan fingerprint density at radius 3 is 3.06 bits per heavy atom. The first-order valence-electron chi connectivity index (χ1n) is 5.55. The molecule has 0 bridgehead atoms. The summed E-state index contributed by atoms with van der Waals surface area (Å²) in [6.07, 6.45) is 0. The van der Waals surface area contributed by atoms with Crippen molar-refractivity contribution in [3.63, 3.8) is 0 Å². The topological polar surface area (TPSA) is 65.2 Å². The number of aryl methyl sites for hydroxylation is 1. The molecule has 0 saturated heterocycles. The van der Waals surface area contributed by atoms with Crippen molar-refractivity contribution in [2.24, 2.45) is 0 Å². The van der Waals surface area contributed by atoms with Crippen molar-refractivity contribution in [3.05, 3.63) is 17.1 Å². The van der Waals surface area contributed by atoms with E-state index in [1.165, 1.54) is 11.8 Å². The van der Waals surface area contributed by atoms with Crippen molar-refractivity contribution >= 4 is 45.0 Å². The summed E-state index contributed by atoms with van der Waals surface area (Å²) in [5.74, 6) is 0.0450. The van der Waals surface area contributed by atoms with E-state index in [0.717, 1.165) is 20.1 Å². The van der Waals surface area contributed by atoms with E-state index in [1.807, 2.05) is 19.1 Å². The van der Waals surface area contributed by atoms with Gasteiger partial charge in [0.1, 0.15) is 0 Å². The van der Waals surface area contributed by atoms with E-state index in [0.29, 0.717) is 12.3 Å². The molecule has 2 rings (SSSR count). The fraction of sp³-hybridized carbons (Fsp3) is 0.333. The van der Waals surface area contributed by atoms with Gasteiger partial charge in [-0.2, -0.15) is 0 Å². The molecule has 1 heterocycles. The van der Waals surface area contributed by atoms with Crippen molar-refractivity contribution in [1.29, 1.82) is 0 Å². The largest absolute Gasteiger partial charge is 0.465 e. The first kappa shape index (κ1) is 13.2. The highest BCUT2D eigenvalue weighted by atomic mass is 32.2. The number of rotatable bonds is 4. The molecule has 2 N–H and O–H groups in total. The Labute approximate surface area is 114 Å². The number of aromatic nitrogens is 1. The van der Waals surface area contributed by atoms with Gasteiger partial charge in [0.25, 0.3) is 0 Å². The van der Waals surface area contributed by atoms with Gasteiger partial charge in [-0.3, -0.25) is 4.79 Å². The van der Waals surface area contributed by atoms with Crippen LogP contribution in [0.25, 0.3) is 10.2 Å². The summed E-state index contributed by atoms with van der Waals surface area (Å²) in [6.45, 7) is 4.16. The van der Waals surface area contributed by atoms with E-state index in [-0.39, 0.29) is 11.7 Å². The van der Waals surface area contributed by atoms with E-state index in [2.05, 4.69) is 4.98 Å². The highest BCUT2D eigenvalue weighted by Crippen LogP contribution is 2.32. The number of nitrogen functional groups attached to an aromatic ring is 1. The smallest absolute Gasteiger partial charge is 0.316 e. The van der Waals surface area contributed by atoms with Gasteiger partial charge < -0.3 is 10.5 Å². The zero-order valence-corrected chi connectivity index (χ0v) is 11.9. The van der Waals surface area contributed by atoms with Gasteiger partial charge in [0.05, 0.1) is 27.6 Å². The number of carbonyl (C=O) groups excluding carboxylic acids is 1. The Kier molecular flexibility index (Phi) is 4.08. The summed E-state index contributed by atoms with van der Waals surface area (Å²) in [6, 6.07) is 3.84. The fourth-order valence-electron chi connectivity index (χ4n) is 1.55. The number of ether oxygens (including phenoxy) is 1. The lowest BCUT2D eigenvalue weighted by Crippen LogP contribution is -2.06. The maximum absolute atomic E-state index is 11.3. The van der Waals surface area contributed by atoms with E-state index in [1.54, 1.807) is 18.3 Å². The van der Waals surface area contributed by atoms with Crippen LogP contribution in [-0.4, -0.2) is 23.3 Å². The molecule has 1 aromatic carbocycles. The third kappa shape index (κ3) is 2.94. The number of benzene rings is 1. The normalized spacial score (nSPS) is 10.8. The zero-order chi connectivity index (χ0) is 13.1. The van der Waals surface area contributed by atoms with Crippen LogP contribution in [0.4, 0.5) is 5.69 Å². The van der Waals surface area contributed by atoms with Crippen molar-refractivity contribution in [2.75, 3.05) is 18.1 Å². The molecule has 18 heavy (non-hydrogen) atoms. The van der Waals surface area contributed by atoms with Gasteiger partial charge >= 0.3 is 5.97 Å². The highest BCUT2D eigenvalue weighted by Gasteiger charge is 2.09. The summed E-state index contributed by atoms with van der Waals surface area (Å²) in [7, 11) is 0. The van der Waals surface area contributed by atoms with E-state index >= 15 is 0 Å². The van der Waals surface area contributed by atoms with Crippen molar-refractivity contribution in [1.82, 2.24) is 4.98 Å². The highest BCUT2D eigenvalue weighted by molar-refractivity contribution is 8.00. The molecule has 4 nitrogen and oxygen atoms in total. The predicted octanol–water partition coefficient (Wildman–Crippen LogP) is 2.84. The number of nitrogens with zero attached hydrogens (tertiary/aromatic N) is 1. The zero-order valence-electron chi connectivity index (χ0n) is 10.2. The van der Waals surface area contributed by atoms with Gasteiger partial charge in [-0.15, -0.1) is 23.1 Å². The minimum atomic E-state index is -0.226. The molecule has 0 aliphatic carbocycles. The maximum Gasteiger partial charge on any atom is 0.316 e. The molecule has 1 aromatic heterocycles. The van der Waals surface area contributed by atoms with Crippen molar-refractivity contribution in [3.8, 4) is 0 Å². The molecular weight excluding hydrogens is 268 g/mol. The quantitative estimate of drug-likeness (QED) is 0.530. The van der Waals surface area contributed by atoms with Crippen LogP contribution in [0.3, 0.4) is 0 Å². The van der Waals surface area contributed by atoms with Crippen molar-refractivity contribution < 1.29 is 9.53 Å². The number of anilines is 1. The second-order valence-electron chi connectivity index (χ2n) is 3.68. The van der Waals surface area contributed by atoms with Gasteiger partial charge in [-0.05, 0) is 26.0 Å². The number of thioether (sulfide) groups is 1. The maximum atomic E-state index is 11.3. The van der Waals surface area contributed by atoms with Crippen LogP contribution >= 0.6 is 23.1 Å². The SMILES string of the molecule is CCOC(=O)CSc1cc2nc(C)sc2cc1N. The molecule has 0 fully saturated rings. The summed E-state index contributed by atoms with van der Waals surface area (Å²) in [5, 5.41) is 1.01. The van der Waals surface area contributed by atoms with Gasteiger partial charge in [-0.1, -0.05) is 0 Å². The second kappa shape index (κ2) is 5.58. The number of esters is 1. The number of hydrogen-bond acceptors (Lipinski definition) is 6. The van der Waals surface area contributed by atoms with Crippen LogP contribution in [0.1, 0.15) is 11.9 Å².